The van der Waals surface area contributed by atoms with E-state index < -0.39 is 27.4 Å². The van der Waals surface area contributed by atoms with E-state index in [1.165, 1.54) is 36.4 Å². The fourth-order valence-electron chi connectivity index (χ4n) is 10.8. The van der Waals surface area contributed by atoms with Crippen LogP contribution in [0.4, 0.5) is 0 Å². The van der Waals surface area contributed by atoms with Crippen LogP contribution >= 0.6 is 0 Å². The van der Waals surface area contributed by atoms with Crippen LogP contribution in [0.5, 0.6) is 11.5 Å². The van der Waals surface area contributed by atoms with Crippen LogP contribution in [-0.2, 0) is 5.41 Å². The van der Waals surface area contributed by atoms with Gasteiger partial charge in [-0.25, -0.2) is 4.98 Å². The van der Waals surface area contributed by atoms with Gasteiger partial charge >= 0.3 is 0 Å². The highest BCUT2D eigenvalue weighted by Crippen LogP contribution is 2.48. The average molecular weight is 955 g/mol. The summed E-state index contributed by atoms with van der Waals surface area (Å²) in [6.45, 7) is -4.91. The number of imidazole rings is 1. The first kappa shape index (κ1) is 33.0. The molecular weight excluding hydrogens is 889 g/mol. The van der Waals surface area contributed by atoms with E-state index in [4.69, 9.17) is 26.2 Å². The minimum absolute atomic E-state index is 0.0864. The second-order valence-electron chi connectivity index (χ2n) is 19.7. The van der Waals surface area contributed by atoms with Crippen molar-refractivity contribution in [3.63, 3.8) is 0 Å². The molecule has 5 nitrogen and oxygen atoms in total. The Morgan fingerprint density at radius 3 is 1.78 bits per heavy atom. The van der Waals surface area contributed by atoms with E-state index in [0.717, 1.165) is 55.4 Å². The van der Waals surface area contributed by atoms with Gasteiger partial charge in [0.25, 0.3) is 6.33 Å². The standard InChI is InChI=1S/C68H54N4O/c1-42-18-14-19-43(2)64(42)46-36-58-54-27-11-9-25-52(54)51-24-8-10-26-53(51)57-29-17-31-61-67(57)71(66(58)59(37-46)65-44(3)20-15-21-45(65)4)41-70(61)48-22-16-23-49(39-48)73-50-32-33-56-55-28-12-13-30-60(55)72(62(56)40-50)63-38-47(34-35-69-63)68(5,6)7/h8-40H,1-7H3/i1D3,2D3,3D3,4D3. The van der Waals surface area contributed by atoms with Crippen molar-refractivity contribution in [2.45, 2.75) is 53.6 Å². The number of rotatable bonds is 6. The van der Waals surface area contributed by atoms with Crippen molar-refractivity contribution in [1.29, 1.82) is 0 Å². The van der Waals surface area contributed by atoms with Crippen molar-refractivity contribution in [2.24, 2.45) is 0 Å². The first-order valence-electron chi connectivity index (χ1n) is 30.3. The van der Waals surface area contributed by atoms with Gasteiger partial charge in [-0.2, -0.15) is 0 Å². The Hall–Kier alpha value is -8.80. The molecule has 0 saturated heterocycles. The lowest BCUT2D eigenvalue weighted by Crippen LogP contribution is -2.32. The predicted molar refractivity (Wildman–Crippen MR) is 301 cm³/mol. The normalized spacial score (nSPS) is 15.2. The van der Waals surface area contributed by atoms with Gasteiger partial charge in [0.1, 0.15) is 17.3 Å². The third-order valence-electron chi connectivity index (χ3n) is 14.2. The maximum absolute atomic E-state index is 9.03. The molecule has 1 aliphatic heterocycles. The first-order valence-corrected chi connectivity index (χ1v) is 24.3. The van der Waals surface area contributed by atoms with Gasteiger partial charge < -0.3 is 4.74 Å². The Balaban J connectivity index is 1.10. The molecule has 0 atom stereocenters. The smallest absolute Gasteiger partial charge is 0.269 e. The third kappa shape index (κ3) is 7.21. The summed E-state index contributed by atoms with van der Waals surface area (Å²) >= 11 is 0. The molecule has 0 bridgehead atoms. The first-order chi connectivity index (χ1) is 40.3. The fourth-order valence-corrected chi connectivity index (χ4v) is 10.8. The molecule has 3 aromatic heterocycles. The predicted octanol–water partition coefficient (Wildman–Crippen LogP) is 17.2. The summed E-state index contributed by atoms with van der Waals surface area (Å²) in [7, 11) is 0. The summed E-state index contributed by atoms with van der Waals surface area (Å²) in [6.07, 6.45) is 5.54. The quantitative estimate of drug-likeness (QED) is 0.123. The molecule has 9 aromatic carbocycles. The number of para-hydroxylation sites is 2. The van der Waals surface area contributed by atoms with Crippen LogP contribution in [0.25, 0.3) is 106 Å². The largest absolute Gasteiger partial charge is 0.458 e. The van der Waals surface area contributed by atoms with Crippen LogP contribution in [0.3, 0.4) is 0 Å². The van der Waals surface area contributed by atoms with Gasteiger partial charge in [-0.1, -0.05) is 148 Å². The van der Waals surface area contributed by atoms with Crippen molar-refractivity contribution in [1.82, 2.24) is 14.1 Å². The Morgan fingerprint density at radius 2 is 1.07 bits per heavy atom. The Bertz CT molecular complexity index is 4630. The number of pyridine rings is 1. The zero-order valence-electron chi connectivity index (χ0n) is 52.2. The zero-order valence-corrected chi connectivity index (χ0v) is 40.2. The average Bonchev–Trinajstić information content (AvgIpc) is 1.76. The lowest BCUT2D eigenvalue weighted by Gasteiger charge is -2.23. The number of nitrogens with zero attached hydrogens (tertiary/aromatic N) is 4. The molecule has 73 heavy (non-hydrogen) atoms. The molecule has 352 valence electrons. The molecule has 0 amide bonds. The lowest BCUT2D eigenvalue weighted by molar-refractivity contribution is -0.570. The van der Waals surface area contributed by atoms with E-state index >= 15 is 0 Å². The molecule has 4 heterocycles. The molecule has 0 spiro atoms. The zero-order chi connectivity index (χ0) is 59.7. The Kier molecular flexibility index (Phi) is 7.64. The monoisotopic (exact) mass is 955 g/mol. The summed E-state index contributed by atoms with van der Waals surface area (Å²) in [5.74, 6) is 1.86. The van der Waals surface area contributed by atoms with E-state index in [1.807, 2.05) is 137 Å². The van der Waals surface area contributed by atoms with Gasteiger partial charge in [0, 0.05) is 39.5 Å². The molecule has 5 heteroatoms. The highest BCUT2D eigenvalue weighted by molar-refractivity contribution is 6.09. The van der Waals surface area contributed by atoms with E-state index in [2.05, 4.69) is 55.9 Å². The van der Waals surface area contributed by atoms with Gasteiger partial charge in [-0.05, 0) is 177 Å². The van der Waals surface area contributed by atoms with Crippen molar-refractivity contribution < 1.29 is 25.8 Å². The van der Waals surface area contributed by atoms with Crippen molar-refractivity contribution >= 4 is 32.8 Å². The Morgan fingerprint density at radius 1 is 0.493 bits per heavy atom. The van der Waals surface area contributed by atoms with Crippen molar-refractivity contribution in [3.05, 3.63) is 234 Å². The number of aromatic nitrogens is 4. The van der Waals surface area contributed by atoms with Crippen LogP contribution in [0.1, 0.15) is 65.0 Å². The molecule has 0 fully saturated rings. The number of fused-ring (bicyclic) bond motifs is 10. The van der Waals surface area contributed by atoms with Crippen LogP contribution in [0, 0.1) is 33.7 Å². The molecule has 0 N–H and O–H groups in total. The molecule has 0 aliphatic carbocycles. The Labute approximate surface area is 443 Å². The maximum Gasteiger partial charge on any atom is 0.269 e. The SMILES string of the molecule is [2H]C([2H])([2H])c1cccc(C([2H])([2H])[2H])c1-c1cc2c(c(-c3c(C([2H])([2H])[2H])cccc3C([2H])([2H])[2H])c1)-[n+]1[c-]n(-c3cccc(Oc4ccc5c6ccccc6n(-c6cc(C(C)(C)C)ccn6)c5c4)c3)c3cccc(c31)-c1ccccc1-c1ccccc1-2. The van der Waals surface area contributed by atoms with Gasteiger partial charge in [-0.3, -0.25) is 13.7 Å². The van der Waals surface area contributed by atoms with E-state index in [9.17, 15) is 0 Å². The molecule has 0 unspecified atom stereocenters. The van der Waals surface area contributed by atoms with Crippen LogP contribution < -0.4 is 9.30 Å². The number of ether oxygens (including phenoxy) is 1. The second-order valence-corrected chi connectivity index (χ2v) is 19.7. The van der Waals surface area contributed by atoms with E-state index in [-0.39, 0.29) is 49.9 Å². The van der Waals surface area contributed by atoms with Gasteiger partial charge in [0.05, 0.1) is 33.4 Å². The highest BCUT2D eigenvalue weighted by atomic mass is 16.5. The van der Waals surface area contributed by atoms with Gasteiger partial charge in [-0.15, -0.1) is 0 Å². The maximum atomic E-state index is 9.03. The summed E-state index contributed by atoms with van der Waals surface area (Å²) in [5.41, 5.74) is 8.24. The minimum Gasteiger partial charge on any atom is -0.458 e. The molecule has 1 aliphatic rings. The van der Waals surface area contributed by atoms with Crippen molar-refractivity contribution in [2.75, 3.05) is 0 Å². The van der Waals surface area contributed by atoms with Crippen LogP contribution in [0.15, 0.2) is 200 Å². The van der Waals surface area contributed by atoms with E-state index in [0.29, 0.717) is 45.0 Å². The van der Waals surface area contributed by atoms with Crippen molar-refractivity contribution in [3.8, 4) is 84.3 Å². The topological polar surface area (TPSA) is 35.9 Å². The second kappa shape index (κ2) is 16.9. The summed E-state index contributed by atoms with van der Waals surface area (Å²) < 4.78 is 120. The van der Waals surface area contributed by atoms with E-state index in [1.54, 1.807) is 12.1 Å². The number of aryl methyl sites for hydroxylation is 4. The third-order valence-corrected chi connectivity index (χ3v) is 14.2. The number of hydrogen-bond acceptors (Lipinski definition) is 2. The van der Waals surface area contributed by atoms with Crippen LogP contribution in [0.2, 0.25) is 0 Å². The highest BCUT2D eigenvalue weighted by Gasteiger charge is 2.29. The van der Waals surface area contributed by atoms with Crippen LogP contribution in [-0.4, -0.2) is 14.1 Å². The fraction of sp³-hybridized carbons (Fsp3) is 0.118. The van der Waals surface area contributed by atoms with Gasteiger partial charge in [0.2, 0.25) is 0 Å². The van der Waals surface area contributed by atoms with Gasteiger partial charge in [0.15, 0.2) is 0 Å². The molecule has 0 saturated carbocycles. The molecule has 12 aromatic rings. The number of benzene rings is 9. The summed E-state index contributed by atoms with van der Waals surface area (Å²) in [6, 6.07) is 59.1. The number of hydrogen-bond donors (Lipinski definition) is 0. The summed E-state index contributed by atoms with van der Waals surface area (Å²) in [5, 5.41) is 2.10. The molecule has 13 rings (SSSR count). The molecule has 0 radical (unpaired) electrons. The summed E-state index contributed by atoms with van der Waals surface area (Å²) in [4.78, 5) is 4.87. The lowest BCUT2D eigenvalue weighted by atomic mass is 9.84. The molecular formula is C68H54N4O. The minimum atomic E-state index is -2.89.